The van der Waals surface area contributed by atoms with Gasteiger partial charge in [0.05, 0.1) is 0 Å². The lowest BCUT2D eigenvalue weighted by molar-refractivity contribution is 0.249. The van der Waals surface area contributed by atoms with E-state index in [0.29, 0.717) is 0 Å². The second-order valence-electron chi connectivity index (χ2n) is 7.44. The quantitative estimate of drug-likeness (QED) is 0.637. The van der Waals surface area contributed by atoms with Crippen LogP contribution in [0.4, 0.5) is 5.82 Å². The van der Waals surface area contributed by atoms with E-state index in [1.807, 2.05) is 6.20 Å². The van der Waals surface area contributed by atoms with Gasteiger partial charge in [0.1, 0.15) is 13.9 Å². The Morgan fingerprint density at radius 2 is 1.90 bits per heavy atom. The third-order valence-electron chi connectivity index (χ3n) is 4.14. The molecule has 0 aromatic carbocycles. The number of nitrogens with zero attached hydrogens (tertiary/aromatic N) is 2. The molecule has 2 unspecified atom stereocenters. The molecule has 1 N–H and O–H groups in total. The molecule has 4 heteroatoms. The van der Waals surface area contributed by atoms with Gasteiger partial charge in [0, 0.05) is 24.8 Å². The van der Waals surface area contributed by atoms with Crippen molar-refractivity contribution in [3.63, 3.8) is 0 Å². The Morgan fingerprint density at radius 3 is 2.48 bits per heavy atom. The van der Waals surface area contributed by atoms with Crippen LogP contribution in [0.25, 0.3) is 0 Å². The van der Waals surface area contributed by atoms with Crippen LogP contribution in [0.3, 0.4) is 0 Å². The fraction of sp³-hybridized carbons (Fsp3) is 0.588. The number of hydrogen-bond acceptors (Lipinski definition) is 3. The lowest BCUT2D eigenvalue weighted by Gasteiger charge is -2.42. The highest BCUT2D eigenvalue weighted by molar-refractivity contribution is 6.83. The van der Waals surface area contributed by atoms with Crippen LogP contribution in [0.1, 0.15) is 12.0 Å². The molecule has 2 saturated heterocycles. The zero-order chi connectivity index (χ0) is 14.9. The van der Waals surface area contributed by atoms with Gasteiger partial charge in [-0.2, -0.15) is 0 Å². The topological polar surface area (TPSA) is 28.2 Å². The number of fused-ring (bicyclic) bond motifs is 2. The maximum absolute atomic E-state index is 4.65. The van der Waals surface area contributed by atoms with E-state index >= 15 is 0 Å². The van der Waals surface area contributed by atoms with Gasteiger partial charge in [-0.05, 0) is 43.5 Å². The monoisotopic (exact) mass is 299 g/mol. The van der Waals surface area contributed by atoms with E-state index < -0.39 is 8.07 Å². The summed E-state index contributed by atoms with van der Waals surface area (Å²) in [6, 6.07) is 4.26. The van der Waals surface area contributed by atoms with Crippen molar-refractivity contribution in [3.8, 4) is 11.5 Å². The zero-order valence-corrected chi connectivity index (χ0v) is 14.3. The molecule has 2 aliphatic rings. The minimum absolute atomic E-state index is 0.783. The molecule has 1 aromatic rings. The molecular weight excluding hydrogens is 274 g/mol. The maximum atomic E-state index is 4.65. The number of piperidine rings is 2. The Hall–Kier alpha value is -1.31. The molecule has 2 fully saturated rings. The van der Waals surface area contributed by atoms with Gasteiger partial charge >= 0.3 is 0 Å². The van der Waals surface area contributed by atoms with Gasteiger partial charge in [-0.25, -0.2) is 4.98 Å². The van der Waals surface area contributed by atoms with Crippen LogP contribution in [0.15, 0.2) is 18.3 Å². The van der Waals surface area contributed by atoms with Crippen LogP contribution in [0, 0.1) is 23.3 Å². The van der Waals surface area contributed by atoms with Crippen LogP contribution < -0.4 is 10.2 Å². The summed E-state index contributed by atoms with van der Waals surface area (Å²) in [5.41, 5.74) is 4.44. The Morgan fingerprint density at radius 1 is 1.19 bits per heavy atom. The first-order valence-electron chi connectivity index (χ1n) is 7.94. The van der Waals surface area contributed by atoms with Crippen LogP contribution in [-0.2, 0) is 0 Å². The average molecular weight is 299 g/mol. The molecule has 1 aromatic heterocycles. The Kier molecular flexibility index (Phi) is 4.05. The first kappa shape index (κ1) is 14.6. The van der Waals surface area contributed by atoms with Crippen molar-refractivity contribution in [2.24, 2.45) is 11.8 Å². The summed E-state index contributed by atoms with van der Waals surface area (Å²) in [6.45, 7) is 11.4. The maximum Gasteiger partial charge on any atom is 0.129 e. The summed E-state index contributed by atoms with van der Waals surface area (Å²) in [4.78, 5) is 7.10. The first-order chi connectivity index (χ1) is 9.99. The number of pyridine rings is 1. The van der Waals surface area contributed by atoms with Crippen LogP contribution >= 0.6 is 0 Å². The zero-order valence-electron chi connectivity index (χ0n) is 13.3. The third-order valence-corrected chi connectivity index (χ3v) is 5.02. The Balaban J connectivity index is 1.70. The van der Waals surface area contributed by atoms with Crippen molar-refractivity contribution < 1.29 is 0 Å². The molecule has 0 radical (unpaired) electrons. The largest absolute Gasteiger partial charge is 0.356 e. The molecule has 21 heavy (non-hydrogen) atoms. The molecule has 2 bridgehead atoms. The number of anilines is 1. The van der Waals surface area contributed by atoms with Gasteiger partial charge in [-0.3, -0.25) is 0 Å². The third kappa shape index (κ3) is 3.87. The van der Waals surface area contributed by atoms with E-state index in [4.69, 9.17) is 0 Å². The molecule has 112 valence electrons. The highest BCUT2D eigenvalue weighted by Crippen LogP contribution is 2.27. The second-order valence-corrected chi connectivity index (χ2v) is 12.2. The standard InChI is InChI=1S/C17H25N3Si/c1-21(2,3)7-6-14-4-5-17(19-11-14)20-12-15-8-16(13-20)10-18-9-15/h4-5,11,15-16,18H,8-10,12-13H2,1-3H3. The molecule has 3 rings (SSSR count). The number of nitrogens with one attached hydrogen (secondary N) is 1. The normalized spacial score (nSPS) is 25.2. The minimum atomic E-state index is -1.31. The van der Waals surface area contributed by atoms with Crippen molar-refractivity contribution in [2.75, 3.05) is 31.1 Å². The second kappa shape index (κ2) is 5.82. The lowest BCUT2D eigenvalue weighted by atomic mass is 9.86. The van der Waals surface area contributed by atoms with Crippen molar-refractivity contribution in [1.29, 1.82) is 0 Å². The highest BCUT2D eigenvalue weighted by Gasteiger charge is 2.30. The SMILES string of the molecule is C[Si](C)(C)C#Cc1ccc(N2CC3CNCC(C3)C2)nc1. The van der Waals surface area contributed by atoms with E-state index in [9.17, 15) is 0 Å². The van der Waals surface area contributed by atoms with E-state index in [0.717, 1.165) is 49.4 Å². The Labute approximate surface area is 129 Å². The van der Waals surface area contributed by atoms with Gasteiger partial charge < -0.3 is 10.2 Å². The summed E-state index contributed by atoms with van der Waals surface area (Å²) < 4.78 is 0. The fourth-order valence-electron chi connectivity index (χ4n) is 3.20. The molecule has 0 aliphatic carbocycles. The number of rotatable bonds is 1. The summed E-state index contributed by atoms with van der Waals surface area (Å²) in [5.74, 6) is 5.96. The highest BCUT2D eigenvalue weighted by atomic mass is 28.3. The first-order valence-corrected chi connectivity index (χ1v) is 11.4. The minimum Gasteiger partial charge on any atom is -0.356 e. The number of aromatic nitrogens is 1. The number of hydrogen-bond donors (Lipinski definition) is 1. The summed E-state index contributed by atoms with van der Waals surface area (Å²) in [7, 11) is -1.31. The van der Waals surface area contributed by atoms with Crippen molar-refractivity contribution in [1.82, 2.24) is 10.3 Å². The van der Waals surface area contributed by atoms with Crippen LogP contribution in [0.2, 0.25) is 19.6 Å². The van der Waals surface area contributed by atoms with Gasteiger partial charge in [-0.1, -0.05) is 25.6 Å². The fourth-order valence-corrected chi connectivity index (χ4v) is 3.72. The molecule has 2 aliphatic heterocycles. The smallest absolute Gasteiger partial charge is 0.129 e. The van der Waals surface area contributed by atoms with E-state index in [2.05, 4.69) is 58.4 Å². The van der Waals surface area contributed by atoms with Crippen molar-refractivity contribution >= 4 is 13.9 Å². The van der Waals surface area contributed by atoms with Gasteiger partial charge in [-0.15, -0.1) is 5.54 Å². The van der Waals surface area contributed by atoms with Crippen molar-refractivity contribution in [2.45, 2.75) is 26.1 Å². The molecule has 2 atom stereocenters. The Bertz CT molecular complexity index is 538. The molecule has 0 amide bonds. The van der Waals surface area contributed by atoms with Crippen LogP contribution in [0.5, 0.6) is 0 Å². The molecule has 0 saturated carbocycles. The van der Waals surface area contributed by atoms with E-state index in [1.54, 1.807) is 0 Å². The van der Waals surface area contributed by atoms with Gasteiger partial charge in [0.15, 0.2) is 0 Å². The van der Waals surface area contributed by atoms with E-state index in [-0.39, 0.29) is 0 Å². The summed E-state index contributed by atoms with van der Waals surface area (Å²) >= 11 is 0. The predicted octanol–water partition coefficient (Wildman–Crippen LogP) is 2.36. The molecule has 0 spiro atoms. The molecule has 3 heterocycles. The lowest BCUT2D eigenvalue weighted by Crippen LogP contribution is -2.51. The predicted molar refractivity (Wildman–Crippen MR) is 91.1 cm³/mol. The van der Waals surface area contributed by atoms with Gasteiger partial charge in [0.2, 0.25) is 0 Å². The van der Waals surface area contributed by atoms with Crippen molar-refractivity contribution in [3.05, 3.63) is 23.9 Å². The summed E-state index contributed by atoms with van der Waals surface area (Å²) in [5, 5.41) is 3.54. The van der Waals surface area contributed by atoms with Gasteiger partial charge in [0.25, 0.3) is 0 Å². The van der Waals surface area contributed by atoms with E-state index in [1.165, 1.54) is 6.42 Å². The average Bonchev–Trinajstić information content (AvgIpc) is 2.44. The molecule has 3 nitrogen and oxygen atoms in total. The molecular formula is C17H25N3Si. The summed E-state index contributed by atoms with van der Waals surface area (Å²) in [6.07, 6.45) is 3.31. The van der Waals surface area contributed by atoms with Crippen LogP contribution in [-0.4, -0.2) is 39.2 Å².